The van der Waals surface area contributed by atoms with Crippen molar-refractivity contribution in [1.82, 2.24) is 9.88 Å². The lowest BCUT2D eigenvalue weighted by Gasteiger charge is -2.35. The molecule has 1 aromatic heterocycles. The van der Waals surface area contributed by atoms with Crippen molar-refractivity contribution >= 4 is 23.5 Å². The summed E-state index contributed by atoms with van der Waals surface area (Å²) < 4.78 is 0. The molecule has 0 N–H and O–H groups in total. The number of amides is 1. The zero-order valence-electron chi connectivity index (χ0n) is 12.6. The number of thioether (sulfide) groups is 1. The van der Waals surface area contributed by atoms with Crippen LogP contribution < -0.4 is 4.90 Å². The molecule has 0 spiro atoms. The first-order valence-corrected chi connectivity index (χ1v) is 8.91. The molecule has 2 fully saturated rings. The minimum atomic E-state index is 0.165. The Hall–Kier alpha value is -1.74. The number of carbonyl (C=O) groups is 1. The third-order valence-electron chi connectivity index (χ3n) is 4.37. The van der Waals surface area contributed by atoms with Gasteiger partial charge < -0.3 is 9.80 Å². The highest BCUT2D eigenvalue weighted by Crippen LogP contribution is 2.24. The SMILES string of the molecule is N#Cc1ccc(N2CCC(C(=O)N3CCSCC3)CC2)nc1. The quantitative estimate of drug-likeness (QED) is 0.832. The maximum absolute atomic E-state index is 12.5. The molecule has 1 amide bonds. The van der Waals surface area contributed by atoms with E-state index in [0.717, 1.165) is 56.3 Å². The molecule has 2 saturated heterocycles. The summed E-state index contributed by atoms with van der Waals surface area (Å²) in [4.78, 5) is 21.1. The lowest BCUT2D eigenvalue weighted by atomic mass is 9.95. The Morgan fingerprint density at radius 3 is 2.55 bits per heavy atom. The lowest BCUT2D eigenvalue weighted by Crippen LogP contribution is -2.45. The van der Waals surface area contributed by atoms with E-state index in [1.165, 1.54) is 0 Å². The molecule has 2 aliphatic heterocycles. The molecule has 0 unspecified atom stereocenters. The third-order valence-corrected chi connectivity index (χ3v) is 5.31. The molecule has 0 bridgehead atoms. The van der Waals surface area contributed by atoms with E-state index >= 15 is 0 Å². The molecule has 0 saturated carbocycles. The van der Waals surface area contributed by atoms with Gasteiger partial charge in [-0.25, -0.2) is 4.98 Å². The molecule has 0 aromatic carbocycles. The van der Waals surface area contributed by atoms with Gasteiger partial charge in [-0.1, -0.05) is 0 Å². The van der Waals surface area contributed by atoms with Crippen LogP contribution in [0.15, 0.2) is 18.3 Å². The van der Waals surface area contributed by atoms with E-state index in [4.69, 9.17) is 5.26 Å². The molecule has 3 rings (SSSR count). The van der Waals surface area contributed by atoms with Crippen molar-refractivity contribution in [3.8, 4) is 6.07 Å². The number of anilines is 1. The second-order valence-corrected chi connectivity index (χ2v) is 6.94. The standard InChI is InChI=1S/C16H20N4OS/c17-11-13-1-2-15(18-12-13)19-5-3-14(4-6-19)16(21)20-7-9-22-10-8-20/h1-2,12,14H,3-10H2. The Bertz CT molecular complexity index is 555. The van der Waals surface area contributed by atoms with Gasteiger partial charge in [0.25, 0.3) is 0 Å². The zero-order valence-corrected chi connectivity index (χ0v) is 13.4. The number of nitrogens with zero attached hydrogens (tertiary/aromatic N) is 4. The van der Waals surface area contributed by atoms with E-state index in [1.54, 1.807) is 12.3 Å². The summed E-state index contributed by atoms with van der Waals surface area (Å²) in [6, 6.07) is 5.77. The number of aromatic nitrogens is 1. The normalized spacial score (nSPS) is 19.8. The summed E-state index contributed by atoms with van der Waals surface area (Å²) in [5.41, 5.74) is 0.580. The molecule has 5 nitrogen and oxygen atoms in total. The highest BCUT2D eigenvalue weighted by atomic mass is 32.2. The van der Waals surface area contributed by atoms with Crippen molar-refractivity contribution in [2.45, 2.75) is 12.8 Å². The fourth-order valence-electron chi connectivity index (χ4n) is 3.04. The number of nitriles is 1. The predicted molar refractivity (Wildman–Crippen MR) is 87.8 cm³/mol. The average molecular weight is 316 g/mol. The number of piperidine rings is 1. The van der Waals surface area contributed by atoms with Gasteiger partial charge in [0.15, 0.2) is 0 Å². The molecule has 6 heteroatoms. The van der Waals surface area contributed by atoms with E-state index in [9.17, 15) is 4.79 Å². The van der Waals surface area contributed by atoms with Crippen molar-refractivity contribution in [2.75, 3.05) is 42.6 Å². The van der Waals surface area contributed by atoms with Crippen LogP contribution in [0.3, 0.4) is 0 Å². The zero-order chi connectivity index (χ0) is 15.4. The largest absolute Gasteiger partial charge is 0.357 e. The van der Waals surface area contributed by atoms with E-state index in [0.29, 0.717) is 11.5 Å². The predicted octanol–water partition coefficient (Wildman–Crippen LogP) is 1.75. The van der Waals surface area contributed by atoms with Crippen LogP contribution in [0.1, 0.15) is 18.4 Å². The Labute approximate surface area is 135 Å². The van der Waals surface area contributed by atoms with Crippen LogP contribution in [0.25, 0.3) is 0 Å². The first-order valence-electron chi connectivity index (χ1n) is 7.75. The van der Waals surface area contributed by atoms with Crippen LogP contribution in [0, 0.1) is 17.2 Å². The first kappa shape index (κ1) is 15.2. The number of carbonyl (C=O) groups excluding carboxylic acids is 1. The topological polar surface area (TPSA) is 60.2 Å². The van der Waals surface area contributed by atoms with E-state index in [2.05, 4.69) is 16.0 Å². The van der Waals surface area contributed by atoms with Gasteiger partial charge in [0.2, 0.25) is 5.91 Å². The Morgan fingerprint density at radius 2 is 1.95 bits per heavy atom. The highest BCUT2D eigenvalue weighted by molar-refractivity contribution is 7.99. The average Bonchev–Trinajstić information content (AvgIpc) is 2.62. The summed E-state index contributed by atoms with van der Waals surface area (Å²) in [6.07, 6.45) is 3.40. The molecular weight excluding hydrogens is 296 g/mol. The second kappa shape index (κ2) is 7.01. The maximum Gasteiger partial charge on any atom is 0.225 e. The minimum absolute atomic E-state index is 0.165. The summed E-state index contributed by atoms with van der Waals surface area (Å²) in [5.74, 6) is 3.55. The Balaban J connectivity index is 1.55. The van der Waals surface area contributed by atoms with Crippen LogP contribution in [-0.2, 0) is 4.79 Å². The van der Waals surface area contributed by atoms with Crippen molar-refractivity contribution in [3.05, 3.63) is 23.9 Å². The van der Waals surface area contributed by atoms with Gasteiger partial charge in [0.05, 0.1) is 5.56 Å². The monoisotopic (exact) mass is 316 g/mol. The molecule has 2 aliphatic rings. The third kappa shape index (κ3) is 3.36. The highest BCUT2D eigenvalue weighted by Gasteiger charge is 2.29. The van der Waals surface area contributed by atoms with Crippen molar-refractivity contribution in [2.24, 2.45) is 5.92 Å². The Morgan fingerprint density at radius 1 is 1.23 bits per heavy atom. The molecule has 116 valence electrons. The van der Waals surface area contributed by atoms with Gasteiger partial charge in [-0.15, -0.1) is 0 Å². The van der Waals surface area contributed by atoms with Crippen molar-refractivity contribution < 1.29 is 4.79 Å². The summed E-state index contributed by atoms with van der Waals surface area (Å²) in [7, 11) is 0. The van der Waals surface area contributed by atoms with Gasteiger partial charge in [0.1, 0.15) is 11.9 Å². The van der Waals surface area contributed by atoms with Crippen molar-refractivity contribution in [1.29, 1.82) is 5.26 Å². The summed E-state index contributed by atoms with van der Waals surface area (Å²) >= 11 is 1.93. The van der Waals surface area contributed by atoms with Crippen LogP contribution in [0.2, 0.25) is 0 Å². The molecule has 0 atom stereocenters. The molecule has 22 heavy (non-hydrogen) atoms. The van der Waals surface area contributed by atoms with Crippen molar-refractivity contribution in [3.63, 3.8) is 0 Å². The summed E-state index contributed by atoms with van der Waals surface area (Å²) in [6.45, 7) is 3.53. The number of pyridine rings is 1. The minimum Gasteiger partial charge on any atom is -0.357 e. The van der Waals surface area contributed by atoms with E-state index in [-0.39, 0.29) is 5.92 Å². The van der Waals surface area contributed by atoms with E-state index in [1.807, 2.05) is 22.7 Å². The Kier molecular flexibility index (Phi) is 4.84. The van der Waals surface area contributed by atoms with Crippen LogP contribution in [0.5, 0.6) is 0 Å². The van der Waals surface area contributed by atoms with Gasteiger partial charge in [-0.05, 0) is 25.0 Å². The number of rotatable bonds is 2. The second-order valence-electron chi connectivity index (χ2n) is 5.72. The van der Waals surface area contributed by atoms with Gasteiger partial charge in [-0.2, -0.15) is 17.0 Å². The number of hydrogen-bond donors (Lipinski definition) is 0. The lowest BCUT2D eigenvalue weighted by molar-refractivity contribution is -0.135. The molecule has 3 heterocycles. The smallest absolute Gasteiger partial charge is 0.225 e. The van der Waals surface area contributed by atoms with Gasteiger partial charge in [0, 0.05) is 49.8 Å². The fraction of sp³-hybridized carbons (Fsp3) is 0.562. The molecule has 0 radical (unpaired) electrons. The van der Waals surface area contributed by atoms with Gasteiger partial charge in [-0.3, -0.25) is 4.79 Å². The fourth-order valence-corrected chi connectivity index (χ4v) is 3.94. The first-order chi connectivity index (χ1) is 10.8. The van der Waals surface area contributed by atoms with E-state index < -0.39 is 0 Å². The van der Waals surface area contributed by atoms with Crippen LogP contribution in [-0.4, -0.2) is 53.5 Å². The van der Waals surface area contributed by atoms with Gasteiger partial charge >= 0.3 is 0 Å². The molecule has 0 aliphatic carbocycles. The number of hydrogen-bond acceptors (Lipinski definition) is 5. The molecule has 1 aromatic rings. The van der Waals surface area contributed by atoms with Crippen LogP contribution >= 0.6 is 11.8 Å². The summed E-state index contributed by atoms with van der Waals surface area (Å²) in [5, 5.41) is 8.81. The van der Waals surface area contributed by atoms with Crippen LogP contribution in [0.4, 0.5) is 5.82 Å². The maximum atomic E-state index is 12.5. The molecular formula is C16H20N4OS.